The molecule has 2 atom stereocenters. The molecule has 0 amide bonds. The van der Waals surface area contributed by atoms with Gasteiger partial charge in [0.15, 0.2) is 0 Å². The monoisotopic (exact) mass is 220 g/mol. The van der Waals surface area contributed by atoms with Crippen LogP contribution in [0.3, 0.4) is 0 Å². The summed E-state index contributed by atoms with van der Waals surface area (Å²) in [5.41, 5.74) is 0. The van der Waals surface area contributed by atoms with E-state index in [1.807, 2.05) is 0 Å². The standard InChI is InChI=1S/C16H28/c1-2-7-15-10-5-6-11-16(15)13-12-14-8-3-4-9-14/h5-6,14-16H,2-4,7-13H2,1H3. The fourth-order valence-corrected chi connectivity index (χ4v) is 3.75. The average molecular weight is 220 g/mol. The van der Waals surface area contributed by atoms with Gasteiger partial charge in [-0.15, -0.1) is 0 Å². The Morgan fingerprint density at radius 3 is 2.12 bits per heavy atom. The maximum atomic E-state index is 2.44. The summed E-state index contributed by atoms with van der Waals surface area (Å²) >= 11 is 0. The van der Waals surface area contributed by atoms with Crippen LogP contribution in [-0.2, 0) is 0 Å². The van der Waals surface area contributed by atoms with E-state index in [0.717, 1.165) is 17.8 Å². The minimum atomic E-state index is 1.01. The van der Waals surface area contributed by atoms with Gasteiger partial charge in [-0.1, -0.05) is 64.0 Å². The molecular formula is C16H28. The number of allylic oxidation sites excluding steroid dienone is 2. The predicted molar refractivity (Wildman–Crippen MR) is 71.5 cm³/mol. The van der Waals surface area contributed by atoms with Gasteiger partial charge in [0.05, 0.1) is 0 Å². The topological polar surface area (TPSA) is 0 Å². The number of hydrogen-bond donors (Lipinski definition) is 0. The molecule has 0 heteroatoms. The Balaban J connectivity index is 1.75. The molecule has 2 aliphatic rings. The van der Waals surface area contributed by atoms with Crippen molar-refractivity contribution in [3.8, 4) is 0 Å². The minimum absolute atomic E-state index is 1.01. The number of hydrogen-bond acceptors (Lipinski definition) is 0. The van der Waals surface area contributed by atoms with Crippen molar-refractivity contribution in [3.05, 3.63) is 12.2 Å². The Bertz CT molecular complexity index is 210. The minimum Gasteiger partial charge on any atom is -0.0882 e. The molecule has 0 aromatic heterocycles. The van der Waals surface area contributed by atoms with Gasteiger partial charge < -0.3 is 0 Å². The molecule has 0 radical (unpaired) electrons. The van der Waals surface area contributed by atoms with Gasteiger partial charge >= 0.3 is 0 Å². The van der Waals surface area contributed by atoms with Crippen LogP contribution in [-0.4, -0.2) is 0 Å². The first-order valence-corrected chi connectivity index (χ1v) is 7.55. The highest BCUT2D eigenvalue weighted by Gasteiger charge is 2.23. The third-order valence-electron chi connectivity index (χ3n) is 4.79. The van der Waals surface area contributed by atoms with Crippen LogP contribution in [0.1, 0.15) is 71.1 Å². The summed E-state index contributed by atoms with van der Waals surface area (Å²) in [6, 6.07) is 0. The molecule has 0 nitrogen and oxygen atoms in total. The van der Waals surface area contributed by atoms with Gasteiger partial charge in [-0.3, -0.25) is 0 Å². The van der Waals surface area contributed by atoms with Crippen molar-refractivity contribution in [3.63, 3.8) is 0 Å². The van der Waals surface area contributed by atoms with Crippen LogP contribution in [0.15, 0.2) is 12.2 Å². The van der Waals surface area contributed by atoms with Crippen molar-refractivity contribution in [2.75, 3.05) is 0 Å². The lowest BCUT2D eigenvalue weighted by Crippen LogP contribution is -2.17. The Labute approximate surface area is 102 Å². The summed E-state index contributed by atoms with van der Waals surface area (Å²) in [5.74, 6) is 3.12. The summed E-state index contributed by atoms with van der Waals surface area (Å²) in [7, 11) is 0. The molecule has 0 saturated heterocycles. The maximum absolute atomic E-state index is 2.44. The van der Waals surface area contributed by atoms with E-state index >= 15 is 0 Å². The lowest BCUT2D eigenvalue weighted by Gasteiger charge is -2.29. The largest absolute Gasteiger partial charge is 0.0882 e. The quantitative estimate of drug-likeness (QED) is 0.549. The summed E-state index contributed by atoms with van der Waals surface area (Å²) in [6.07, 6.45) is 19.5. The van der Waals surface area contributed by atoms with Gasteiger partial charge in [0.2, 0.25) is 0 Å². The highest BCUT2D eigenvalue weighted by Crippen LogP contribution is 2.36. The molecular weight excluding hydrogens is 192 g/mol. The molecule has 1 saturated carbocycles. The molecule has 0 heterocycles. The molecule has 0 N–H and O–H groups in total. The van der Waals surface area contributed by atoms with Crippen LogP contribution in [0.5, 0.6) is 0 Å². The van der Waals surface area contributed by atoms with E-state index in [4.69, 9.17) is 0 Å². The lowest BCUT2D eigenvalue weighted by atomic mass is 9.77. The fourth-order valence-electron chi connectivity index (χ4n) is 3.75. The molecule has 92 valence electrons. The van der Waals surface area contributed by atoms with E-state index < -0.39 is 0 Å². The van der Waals surface area contributed by atoms with Crippen molar-refractivity contribution in [1.29, 1.82) is 0 Å². The first-order valence-electron chi connectivity index (χ1n) is 7.55. The highest BCUT2D eigenvalue weighted by molar-refractivity contribution is 4.94. The van der Waals surface area contributed by atoms with E-state index in [1.54, 1.807) is 0 Å². The zero-order valence-electron chi connectivity index (χ0n) is 11.0. The van der Waals surface area contributed by atoms with Gasteiger partial charge in [0.25, 0.3) is 0 Å². The Hall–Kier alpha value is -0.260. The summed E-state index contributed by atoms with van der Waals surface area (Å²) in [4.78, 5) is 0. The predicted octanol–water partition coefficient (Wildman–Crippen LogP) is 5.34. The second-order valence-electron chi connectivity index (χ2n) is 5.98. The van der Waals surface area contributed by atoms with Gasteiger partial charge in [-0.25, -0.2) is 0 Å². The first-order chi connectivity index (χ1) is 7.90. The molecule has 0 aromatic carbocycles. The van der Waals surface area contributed by atoms with Crippen molar-refractivity contribution >= 4 is 0 Å². The van der Waals surface area contributed by atoms with Gasteiger partial charge in [-0.2, -0.15) is 0 Å². The Kier molecular flexibility index (Phi) is 4.93. The van der Waals surface area contributed by atoms with E-state index in [0.29, 0.717) is 0 Å². The first kappa shape index (κ1) is 12.2. The molecule has 2 unspecified atom stereocenters. The summed E-state index contributed by atoms with van der Waals surface area (Å²) in [5, 5.41) is 0. The summed E-state index contributed by atoms with van der Waals surface area (Å²) in [6.45, 7) is 2.34. The van der Waals surface area contributed by atoms with Crippen LogP contribution in [0.2, 0.25) is 0 Å². The van der Waals surface area contributed by atoms with Gasteiger partial charge in [-0.05, 0) is 37.0 Å². The fraction of sp³-hybridized carbons (Fsp3) is 0.875. The molecule has 0 bridgehead atoms. The third-order valence-corrected chi connectivity index (χ3v) is 4.79. The second-order valence-corrected chi connectivity index (χ2v) is 5.98. The van der Waals surface area contributed by atoms with E-state index in [-0.39, 0.29) is 0 Å². The number of rotatable bonds is 5. The molecule has 0 aromatic rings. The van der Waals surface area contributed by atoms with Crippen molar-refractivity contribution < 1.29 is 0 Å². The highest BCUT2D eigenvalue weighted by atomic mass is 14.3. The second kappa shape index (κ2) is 6.47. The van der Waals surface area contributed by atoms with Crippen molar-refractivity contribution in [2.45, 2.75) is 71.1 Å². The van der Waals surface area contributed by atoms with Crippen molar-refractivity contribution in [2.24, 2.45) is 17.8 Å². The van der Waals surface area contributed by atoms with Crippen LogP contribution in [0.4, 0.5) is 0 Å². The van der Waals surface area contributed by atoms with Crippen molar-refractivity contribution in [1.82, 2.24) is 0 Å². The third kappa shape index (κ3) is 3.37. The van der Waals surface area contributed by atoms with Gasteiger partial charge in [0, 0.05) is 0 Å². The molecule has 0 spiro atoms. The average Bonchev–Trinajstić information content (AvgIpc) is 2.81. The smallest absolute Gasteiger partial charge is 0.0319 e. The van der Waals surface area contributed by atoms with Crippen LogP contribution in [0.25, 0.3) is 0 Å². The maximum Gasteiger partial charge on any atom is -0.0319 e. The molecule has 2 rings (SSSR count). The van der Waals surface area contributed by atoms with E-state index in [1.165, 1.54) is 64.2 Å². The molecule has 2 aliphatic carbocycles. The Morgan fingerprint density at radius 1 is 0.875 bits per heavy atom. The van der Waals surface area contributed by atoms with E-state index in [2.05, 4.69) is 19.1 Å². The van der Waals surface area contributed by atoms with Crippen LogP contribution < -0.4 is 0 Å². The zero-order chi connectivity index (χ0) is 11.2. The Morgan fingerprint density at radius 2 is 1.50 bits per heavy atom. The molecule has 16 heavy (non-hydrogen) atoms. The normalized spacial score (nSPS) is 31.1. The SMILES string of the molecule is CCCC1CC=CCC1CCC1CCCC1. The summed E-state index contributed by atoms with van der Waals surface area (Å²) < 4.78 is 0. The van der Waals surface area contributed by atoms with E-state index in [9.17, 15) is 0 Å². The molecule has 0 aliphatic heterocycles. The van der Waals surface area contributed by atoms with Crippen LogP contribution >= 0.6 is 0 Å². The molecule has 1 fully saturated rings. The van der Waals surface area contributed by atoms with Gasteiger partial charge in [0.1, 0.15) is 0 Å². The lowest BCUT2D eigenvalue weighted by molar-refractivity contribution is 0.263. The van der Waals surface area contributed by atoms with Crippen LogP contribution in [0, 0.1) is 17.8 Å². The zero-order valence-corrected chi connectivity index (χ0v) is 11.0.